The van der Waals surface area contributed by atoms with Crippen LogP contribution in [0.15, 0.2) is 66.7 Å². The van der Waals surface area contributed by atoms with E-state index in [-0.39, 0.29) is 39.5 Å². The number of nitrogens with zero attached hydrogens (tertiary/aromatic N) is 5. The van der Waals surface area contributed by atoms with Crippen LogP contribution in [0.25, 0.3) is 11.6 Å². The Morgan fingerprint density at radius 1 is 0.708 bits per heavy atom. The number of rotatable bonds is 13. The maximum atomic E-state index is 10.5. The van der Waals surface area contributed by atoms with E-state index in [0.717, 1.165) is 52.9 Å². The molecular formula is C40H49N5O2Pt. The third-order valence-electron chi connectivity index (χ3n) is 9.30. The van der Waals surface area contributed by atoms with Crippen molar-refractivity contribution in [2.75, 3.05) is 12.0 Å². The van der Waals surface area contributed by atoms with Crippen LogP contribution in [0.1, 0.15) is 120 Å². The van der Waals surface area contributed by atoms with Crippen molar-refractivity contribution in [1.82, 2.24) is 19.1 Å². The molecule has 2 atom stereocenters. The molecule has 1 aromatic carbocycles. The number of pyridine rings is 2. The molecule has 1 N–H and O–H groups in total. The molecule has 4 heterocycles. The van der Waals surface area contributed by atoms with Crippen LogP contribution in [-0.4, -0.2) is 31.3 Å². The molecule has 5 rings (SSSR count). The van der Waals surface area contributed by atoms with Gasteiger partial charge in [0.15, 0.2) is 0 Å². The molecule has 0 aliphatic carbocycles. The monoisotopic (exact) mass is 826 g/mol. The van der Waals surface area contributed by atoms with Gasteiger partial charge in [0.1, 0.15) is 11.6 Å². The third kappa shape index (κ3) is 7.18. The van der Waals surface area contributed by atoms with Gasteiger partial charge in [-0.15, -0.1) is 17.7 Å². The summed E-state index contributed by atoms with van der Waals surface area (Å²) < 4.78 is 9.71. The predicted octanol–water partition coefficient (Wildman–Crippen LogP) is 9.90. The van der Waals surface area contributed by atoms with Crippen LogP contribution >= 0.6 is 0 Å². The molecule has 5 aromatic rings. The van der Waals surface area contributed by atoms with Crippen LogP contribution in [0.3, 0.4) is 0 Å². The number of hydrogen-bond acceptors (Lipinski definition) is 5. The van der Waals surface area contributed by atoms with Gasteiger partial charge in [0.25, 0.3) is 0 Å². The largest absolute Gasteiger partial charge is 2.00 e. The quantitative estimate of drug-likeness (QED) is 0.120. The Bertz CT molecular complexity index is 1680. The number of anilines is 3. The van der Waals surface area contributed by atoms with Gasteiger partial charge in [0, 0.05) is 6.61 Å². The van der Waals surface area contributed by atoms with Crippen LogP contribution in [0, 0.1) is 12.4 Å². The molecule has 0 radical (unpaired) electrons. The van der Waals surface area contributed by atoms with E-state index < -0.39 is 0 Å². The molecule has 4 aromatic heterocycles. The first-order valence-corrected chi connectivity index (χ1v) is 16.9. The van der Waals surface area contributed by atoms with Crippen molar-refractivity contribution in [2.24, 2.45) is 0 Å². The van der Waals surface area contributed by atoms with Crippen LogP contribution in [0.5, 0.6) is 5.88 Å². The molecule has 0 saturated carbocycles. The molecule has 256 valence electrons. The van der Waals surface area contributed by atoms with Gasteiger partial charge in [-0.3, -0.25) is 14.9 Å². The summed E-state index contributed by atoms with van der Waals surface area (Å²) in [4.78, 5) is 12.7. The Kier molecular flexibility index (Phi) is 12.5. The van der Waals surface area contributed by atoms with Gasteiger partial charge in [-0.2, -0.15) is 0 Å². The van der Waals surface area contributed by atoms with E-state index in [2.05, 4.69) is 90.9 Å². The Balaban J connectivity index is 0.00000520. The number of aliphatic hydroxyl groups excluding tert-OH is 1. The van der Waals surface area contributed by atoms with Crippen molar-refractivity contribution in [3.63, 3.8) is 0 Å². The number of para-hydroxylation sites is 1. The molecule has 0 aliphatic rings. The maximum Gasteiger partial charge on any atom is 2.00 e. The Hall–Kier alpha value is -3.67. The minimum absolute atomic E-state index is 0. The first-order valence-electron chi connectivity index (χ1n) is 16.9. The summed E-state index contributed by atoms with van der Waals surface area (Å²) in [7, 11) is 1.70. The summed E-state index contributed by atoms with van der Waals surface area (Å²) in [5, 5.41) is 10.5. The molecule has 0 saturated heterocycles. The van der Waals surface area contributed by atoms with Gasteiger partial charge in [0.05, 0.1) is 30.3 Å². The minimum atomic E-state index is -0.0933. The van der Waals surface area contributed by atoms with Crippen LogP contribution in [0.4, 0.5) is 17.3 Å². The molecule has 0 spiro atoms. The van der Waals surface area contributed by atoms with Crippen molar-refractivity contribution in [3.05, 3.63) is 107 Å². The second-order valence-electron chi connectivity index (χ2n) is 13.0. The Morgan fingerprint density at radius 2 is 1.19 bits per heavy atom. The molecular weight excluding hydrogens is 778 g/mol. The van der Waals surface area contributed by atoms with E-state index in [1.807, 2.05) is 57.7 Å². The zero-order valence-corrected chi connectivity index (χ0v) is 32.0. The van der Waals surface area contributed by atoms with Crippen molar-refractivity contribution < 1.29 is 30.9 Å². The molecule has 7 nitrogen and oxygen atoms in total. The van der Waals surface area contributed by atoms with E-state index in [1.54, 1.807) is 7.11 Å². The fourth-order valence-electron chi connectivity index (χ4n) is 6.21. The summed E-state index contributed by atoms with van der Waals surface area (Å²) in [5.74, 6) is 4.75. The zero-order valence-electron chi connectivity index (χ0n) is 29.7. The normalized spacial score (nSPS) is 12.7. The average Bonchev–Trinajstić information content (AvgIpc) is 3.72. The third-order valence-corrected chi connectivity index (χ3v) is 9.30. The molecule has 0 bridgehead atoms. The van der Waals surface area contributed by atoms with Crippen molar-refractivity contribution >= 4 is 17.3 Å². The summed E-state index contributed by atoms with van der Waals surface area (Å²) >= 11 is 0. The number of hydrogen-bond donors (Lipinski definition) is 1. The number of benzene rings is 1. The maximum absolute atomic E-state index is 10.5. The second-order valence-corrected chi connectivity index (χ2v) is 13.0. The fourth-order valence-corrected chi connectivity index (χ4v) is 6.21. The van der Waals surface area contributed by atoms with Crippen LogP contribution < -0.4 is 9.64 Å². The number of aliphatic hydroxyl groups is 1. The number of methoxy groups -OCH3 is 1. The summed E-state index contributed by atoms with van der Waals surface area (Å²) in [5.41, 5.74) is 6.52. The van der Waals surface area contributed by atoms with Gasteiger partial charge in [-0.1, -0.05) is 146 Å². The number of aromatic nitrogens is 4. The first kappa shape index (κ1) is 37.2. The van der Waals surface area contributed by atoms with E-state index >= 15 is 0 Å². The van der Waals surface area contributed by atoms with Gasteiger partial charge < -0.3 is 19.0 Å². The number of ether oxygens (including phenoxy) is 1. The Morgan fingerprint density at radius 3 is 1.69 bits per heavy atom. The van der Waals surface area contributed by atoms with E-state index in [4.69, 9.17) is 14.7 Å². The zero-order chi connectivity index (χ0) is 33.8. The SMILES string of the molecule is CCC(C)c1c[c-]n(-c2cccc(N(c3cccc(-n4[c-]cc(C(C)CC)c4OC)n3)c3c(C(C)C)cccc3C(C)C)n2)c1CO.[Pt+2]. The van der Waals surface area contributed by atoms with Gasteiger partial charge in [0.2, 0.25) is 0 Å². The van der Waals surface area contributed by atoms with Gasteiger partial charge in [-0.25, -0.2) is 0 Å². The van der Waals surface area contributed by atoms with Crippen LogP contribution in [-0.2, 0) is 27.7 Å². The fraction of sp³-hybridized carbons (Fsp3) is 0.400. The molecule has 0 fully saturated rings. The van der Waals surface area contributed by atoms with E-state index in [0.29, 0.717) is 23.5 Å². The summed E-state index contributed by atoms with van der Waals surface area (Å²) in [6, 6.07) is 22.6. The topological polar surface area (TPSA) is 68.3 Å². The minimum Gasteiger partial charge on any atom is -0.532 e. The average molecular weight is 827 g/mol. The van der Waals surface area contributed by atoms with E-state index in [1.165, 1.54) is 11.1 Å². The second kappa shape index (κ2) is 16.2. The molecule has 8 heteroatoms. The molecule has 0 amide bonds. The summed E-state index contributed by atoms with van der Waals surface area (Å²) in [6.07, 6.45) is 8.71. The predicted molar refractivity (Wildman–Crippen MR) is 191 cm³/mol. The Labute approximate surface area is 301 Å². The van der Waals surface area contributed by atoms with Crippen molar-refractivity contribution in [3.8, 4) is 17.5 Å². The molecule has 0 aliphatic heterocycles. The smallest absolute Gasteiger partial charge is 0.532 e. The van der Waals surface area contributed by atoms with Crippen molar-refractivity contribution in [1.29, 1.82) is 0 Å². The molecule has 48 heavy (non-hydrogen) atoms. The van der Waals surface area contributed by atoms with Gasteiger partial charge >= 0.3 is 21.1 Å². The van der Waals surface area contributed by atoms with Crippen molar-refractivity contribution in [2.45, 2.75) is 98.5 Å². The van der Waals surface area contributed by atoms with Crippen LogP contribution in [0.2, 0.25) is 0 Å². The summed E-state index contributed by atoms with van der Waals surface area (Å²) in [6.45, 7) is 17.5. The standard InChI is InChI=1S/C40H49N5O2.Pt/c1-10-28(7)32-21-23-43(34(32)25-46)35-17-13-19-37(41-35)45(39-30(26(3)4)15-12-16-31(39)27(5)6)38-20-14-18-36(42-38)44-24-22-33(29(8)11-2)40(44)47-9;/h12-22,26-29,46H,10-11,25H2,1-9H3;/q-2;+2. The van der Waals surface area contributed by atoms with Gasteiger partial charge in [-0.05, 0) is 35.1 Å². The first-order chi connectivity index (χ1) is 22.6. The molecule has 2 unspecified atom stereocenters. The van der Waals surface area contributed by atoms with E-state index in [9.17, 15) is 5.11 Å².